The third-order valence-electron chi connectivity index (χ3n) is 5.08. The zero-order valence-electron chi connectivity index (χ0n) is 16.1. The largest absolute Gasteiger partial charge is 0.361 e. The first kappa shape index (κ1) is 20.8. The number of aromatic nitrogens is 1. The highest BCUT2D eigenvalue weighted by atomic mass is 35.5. The summed E-state index contributed by atoms with van der Waals surface area (Å²) in [6.07, 6.45) is 6.92. The molecular weight excluding hydrogens is 391 g/mol. The summed E-state index contributed by atoms with van der Waals surface area (Å²) in [5.74, 6) is -0.0422. The Morgan fingerprint density at radius 2 is 1.89 bits per heavy atom. The van der Waals surface area contributed by atoms with Crippen molar-refractivity contribution in [1.29, 1.82) is 0 Å². The molecule has 1 amide bonds. The van der Waals surface area contributed by atoms with E-state index in [-0.39, 0.29) is 11.8 Å². The lowest BCUT2D eigenvalue weighted by Crippen LogP contribution is -2.26. The van der Waals surface area contributed by atoms with E-state index in [2.05, 4.69) is 23.3 Å². The van der Waals surface area contributed by atoms with Crippen molar-refractivity contribution in [1.82, 2.24) is 10.3 Å². The smallest absolute Gasteiger partial charge is 0.220 e. The van der Waals surface area contributed by atoms with Gasteiger partial charge >= 0.3 is 0 Å². The summed E-state index contributed by atoms with van der Waals surface area (Å²) in [6, 6.07) is 13.7. The predicted molar refractivity (Wildman–Crippen MR) is 118 cm³/mol. The molecule has 2 N–H and O–H groups in total. The van der Waals surface area contributed by atoms with E-state index in [1.807, 2.05) is 36.5 Å². The highest BCUT2D eigenvalue weighted by Gasteiger charge is 2.22. The lowest BCUT2D eigenvalue weighted by molar-refractivity contribution is -0.121. The Hall–Kier alpha value is -1.97. The van der Waals surface area contributed by atoms with Gasteiger partial charge in [0.05, 0.1) is 10.0 Å². The van der Waals surface area contributed by atoms with E-state index in [0.29, 0.717) is 16.5 Å². The number of carbonyl (C=O) groups excluding carboxylic acids is 1. The number of aromatic amines is 1. The van der Waals surface area contributed by atoms with E-state index in [1.54, 1.807) is 6.07 Å². The molecule has 0 radical (unpaired) electrons. The molecule has 0 aliphatic rings. The number of unbranched alkanes of at least 4 members (excludes halogenated alkanes) is 3. The standard InChI is InChI=1S/C23H26Cl2N2O/c1-2-3-4-7-12-26-23(28)14-18(16-10-11-20(24)21(25)13-16)19-15-27-22-9-6-5-8-17(19)22/h5-6,8-11,13,15,18,27H,2-4,7,12,14H2,1H3,(H,26,28). The van der Waals surface area contributed by atoms with Crippen LogP contribution >= 0.6 is 23.2 Å². The Kier molecular flexibility index (Phi) is 7.41. The fraction of sp³-hybridized carbons (Fsp3) is 0.348. The fourth-order valence-corrected chi connectivity index (χ4v) is 3.86. The van der Waals surface area contributed by atoms with Crippen molar-refractivity contribution >= 4 is 40.0 Å². The monoisotopic (exact) mass is 416 g/mol. The van der Waals surface area contributed by atoms with Gasteiger partial charge in [0, 0.05) is 36.0 Å². The molecule has 28 heavy (non-hydrogen) atoms. The molecular formula is C23H26Cl2N2O. The van der Waals surface area contributed by atoms with E-state index in [9.17, 15) is 4.79 Å². The summed E-state index contributed by atoms with van der Waals surface area (Å²) < 4.78 is 0. The molecule has 1 unspecified atom stereocenters. The van der Waals surface area contributed by atoms with Crippen LogP contribution in [0.15, 0.2) is 48.7 Å². The lowest BCUT2D eigenvalue weighted by Gasteiger charge is -2.18. The summed E-state index contributed by atoms with van der Waals surface area (Å²) in [5, 5.41) is 5.21. The third-order valence-corrected chi connectivity index (χ3v) is 5.82. The van der Waals surface area contributed by atoms with Crippen LogP contribution in [-0.2, 0) is 4.79 Å². The molecule has 0 spiro atoms. The average Bonchev–Trinajstić information content (AvgIpc) is 3.12. The molecule has 3 rings (SSSR count). The quantitative estimate of drug-likeness (QED) is 0.374. The van der Waals surface area contributed by atoms with Crippen LogP contribution in [-0.4, -0.2) is 17.4 Å². The van der Waals surface area contributed by atoms with Gasteiger partial charge in [-0.05, 0) is 35.7 Å². The van der Waals surface area contributed by atoms with Crippen molar-refractivity contribution in [2.24, 2.45) is 0 Å². The van der Waals surface area contributed by atoms with Gasteiger partial charge in [-0.25, -0.2) is 0 Å². The summed E-state index contributed by atoms with van der Waals surface area (Å²) in [7, 11) is 0. The van der Waals surface area contributed by atoms with Gasteiger partial charge in [0.2, 0.25) is 5.91 Å². The molecule has 0 fully saturated rings. The number of hydrogen-bond acceptors (Lipinski definition) is 1. The number of nitrogens with one attached hydrogen (secondary N) is 2. The first-order valence-electron chi connectivity index (χ1n) is 9.87. The van der Waals surface area contributed by atoms with Gasteiger partial charge in [-0.1, -0.05) is 73.7 Å². The number of para-hydroxylation sites is 1. The molecule has 3 nitrogen and oxygen atoms in total. The van der Waals surface area contributed by atoms with Crippen molar-refractivity contribution in [2.45, 2.75) is 44.9 Å². The Balaban J connectivity index is 1.83. The summed E-state index contributed by atoms with van der Waals surface area (Å²) in [5.41, 5.74) is 3.14. The summed E-state index contributed by atoms with van der Waals surface area (Å²) in [6.45, 7) is 2.91. The van der Waals surface area contributed by atoms with Gasteiger partial charge in [-0.3, -0.25) is 4.79 Å². The second kappa shape index (κ2) is 9.99. The van der Waals surface area contributed by atoms with E-state index in [0.717, 1.165) is 41.4 Å². The SMILES string of the molecule is CCCCCCNC(=O)CC(c1ccc(Cl)c(Cl)c1)c1c[nH]c2ccccc12. The van der Waals surface area contributed by atoms with Gasteiger partial charge < -0.3 is 10.3 Å². The Morgan fingerprint density at radius 3 is 2.68 bits per heavy atom. The molecule has 5 heteroatoms. The Labute approximate surface area is 176 Å². The average molecular weight is 417 g/mol. The number of amides is 1. The first-order chi connectivity index (χ1) is 13.6. The predicted octanol–water partition coefficient (Wildman–Crippen LogP) is 6.69. The number of fused-ring (bicyclic) bond motifs is 1. The molecule has 0 bridgehead atoms. The topological polar surface area (TPSA) is 44.9 Å². The van der Waals surface area contributed by atoms with Crippen LogP contribution in [0.5, 0.6) is 0 Å². The minimum absolute atomic E-state index is 0.0536. The number of rotatable bonds is 9. The molecule has 0 saturated carbocycles. The number of carbonyl (C=O) groups is 1. The van der Waals surface area contributed by atoms with Gasteiger partial charge in [0.25, 0.3) is 0 Å². The van der Waals surface area contributed by atoms with Crippen molar-refractivity contribution < 1.29 is 4.79 Å². The number of hydrogen-bond donors (Lipinski definition) is 2. The van der Waals surface area contributed by atoms with Gasteiger partial charge in [0.15, 0.2) is 0 Å². The van der Waals surface area contributed by atoms with Crippen molar-refractivity contribution in [3.63, 3.8) is 0 Å². The van der Waals surface area contributed by atoms with Crippen LogP contribution in [0, 0.1) is 0 Å². The maximum atomic E-state index is 12.7. The second-order valence-corrected chi connectivity index (χ2v) is 7.94. The van der Waals surface area contributed by atoms with Gasteiger partial charge in [-0.15, -0.1) is 0 Å². The molecule has 1 heterocycles. The van der Waals surface area contributed by atoms with Gasteiger partial charge in [-0.2, -0.15) is 0 Å². The molecule has 2 aromatic carbocycles. The zero-order valence-corrected chi connectivity index (χ0v) is 17.6. The maximum absolute atomic E-state index is 12.7. The van der Waals surface area contributed by atoms with E-state index >= 15 is 0 Å². The van der Waals surface area contributed by atoms with Crippen molar-refractivity contribution in [3.8, 4) is 0 Å². The fourth-order valence-electron chi connectivity index (χ4n) is 3.56. The summed E-state index contributed by atoms with van der Waals surface area (Å²) >= 11 is 12.4. The van der Waals surface area contributed by atoms with Gasteiger partial charge in [0.1, 0.15) is 0 Å². The highest BCUT2D eigenvalue weighted by molar-refractivity contribution is 6.42. The van der Waals surface area contributed by atoms with Crippen molar-refractivity contribution in [3.05, 3.63) is 69.8 Å². The zero-order chi connectivity index (χ0) is 19.9. The Morgan fingerprint density at radius 1 is 1.07 bits per heavy atom. The van der Waals surface area contributed by atoms with Crippen LogP contribution in [0.1, 0.15) is 56.1 Å². The van der Waals surface area contributed by atoms with Crippen molar-refractivity contribution in [2.75, 3.05) is 6.54 Å². The highest BCUT2D eigenvalue weighted by Crippen LogP contribution is 2.36. The van der Waals surface area contributed by atoms with Crippen LogP contribution in [0.25, 0.3) is 10.9 Å². The molecule has 0 saturated heterocycles. The van der Waals surface area contributed by atoms with Crippen LogP contribution in [0.4, 0.5) is 0 Å². The van der Waals surface area contributed by atoms with E-state index < -0.39 is 0 Å². The molecule has 0 aliphatic carbocycles. The van der Waals surface area contributed by atoms with Crippen LogP contribution < -0.4 is 5.32 Å². The number of H-pyrrole nitrogens is 1. The normalized spacial score (nSPS) is 12.2. The Bertz CT molecular complexity index is 935. The van der Waals surface area contributed by atoms with E-state index in [1.165, 1.54) is 12.8 Å². The number of halogens is 2. The lowest BCUT2D eigenvalue weighted by atomic mass is 9.88. The summed E-state index contributed by atoms with van der Waals surface area (Å²) in [4.78, 5) is 16.0. The minimum atomic E-state index is -0.0958. The second-order valence-electron chi connectivity index (χ2n) is 7.13. The van der Waals surface area contributed by atoms with Crippen LogP contribution in [0.2, 0.25) is 10.0 Å². The molecule has 0 aliphatic heterocycles. The molecule has 148 valence electrons. The van der Waals surface area contributed by atoms with Crippen LogP contribution in [0.3, 0.4) is 0 Å². The molecule has 1 aromatic heterocycles. The minimum Gasteiger partial charge on any atom is -0.361 e. The first-order valence-corrected chi connectivity index (χ1v) is 10.6. The number of benzene rings is 2. The molecule has 3 aromatic rings. The maximum Gasteiger partial charge on any atom is 0.220 e. The third kappa shape index (κ3) is 5.09. The molecule has 1 atom stereocenters. The van der Waals surface area contributed by atoms with E-state index in [4.69, 9.17) is 23.2 Å².